The number of carbonyl (C=O) groups excluding carboxylic acids is 7. The van der Waals surface area contributed by atoms with E-state index in [1.165, 1.54) is 39.6 Å². The van der Waals surface area contributed by atoms with Crippen LogP contribution in [-0.4, -0.2) is 79.5 Å². The molecule has 0 bridgehead atoms. The van der Waals surface area contributed by atoms with Crippen LogP contribution in [0.15, 0.2) is 0 Å². The first kappa shape index (κ1) is 38.7. The smallest absolute Gasteiger partial charge is 0.333 e. The van der Waals surface area contributed by atoms with Gasteiger partial charge >= 0.3 is 29.8 Å². The highest BCUT2D eigenvalue weighted by molar-refractivity contribution is 14.1. The normalized spacial score (nSPS) is 11.1. The molecule has 43 heavy (non-hydrogen) atoms. The van der Waals surface area contributed by atoms with E-state index in [0.717, 1.165) is 12.0 Å². The zero-order chi connectivity index (χ0) is 33.0. The molecule has 238 valence electrons. The molecule has 0 aromatic heterocycles. The maximum atomic E-state index is 13.8. The zero-order valence-electron chi connectivity index (χ0n) is 24.2. The molecule has 0 aliphatic heterocycles. The molecule has 1 atom stereocenters. The summed E-state index contributed by atoms with van der Waals surface area (Å²) in [4.78, 5) is 91.4. The Morgan fingerprint density at radius 1 is 0.767 bits per heavy atom. The number of hydrogen-bond donors (Lipinski definition) is 0. The van der Waals surface area contributed by atoms with Gasteiger partial charge in [-0.05, 0) is 74.2 Å². The lowest BCUT2D eigenvalue weighted by Crippen LogP contribution is -2.40. The first-order valence-electron chi connectivity index (χ1n) is 12.5. The third kappa shape index (κ3) is 12.7. The molecule has 1 aromatic rings. The molecule has 0 radical (unpaired) electrons. The molecule has 1 unspecified atom stereocenters. The number of esters is 4. The lowest BCUT2D eigenvalue weighted by molar-refractivity contribution is -0.156. The Labute approximate surface area is 289 Å². The third-order valence-electron chi connectivity index (χ3n) is 5.16. The predicted molar refractivity (Wildman–Crippen MR) is 174 cm³/mol. The largest absolute Gasteiger partial charge is 0.466 e. The van der Waals surface area contributed by atoms with Crippen molar-refractivity contribution < 1.29 is 57.3 Å². The number of likely N-dealkylation sites (N-methyl/N-ethyl adjacent to an activating group) is 1. The van der Waals surface area contributed by atoms with Crippen molar-refractivity contribution in [3.63, 3.8) is 0 Å². The van der Waals surface area contributed by atoms with E-state index in [4.69, 9.17) is 23.8 Å². The standard InChI is InChI=1S/C26H31I3N2O12/c1-13(32)31(43-20(37)8-7-9-39-14(2)33)25-23(28)19(12-41-16(4)35)22(27)21(24(25)29)26(38)30(6)10-18(42-17(5)36)11-40-15(3)34/h18H,7-12H2,1-6H3. The molecule has 17 heteroatoms. The van der Waals surface area contributed by atoms with Crippen molar-refractivity contribution in [1.82, 2.24) is 4.90 Å². The van der Waals surface area contributed by atoms with Crippen molar-refractivity contribution in [2.24, 2.45) is 0 Å². The van der Waals surface area contributed by atoms with E-state index in [2.05, 4.69) is 0 Å². The Balaban J connectivity index is 3.59. The highest BCUT2D eigenvalue weighted by atomic mass is 127. The second-order valence-electron chi connectivity index (χ2n) is 8.86. The molecule has 0 N–H and O–H groups in total. The summed E-state index contributed by atoms with van der Waals surface area (Å²) in [6, 6.07) is 0. The molecule has 0 heterocycles. The summed E-state index contributed by atoms with van der Waals surface area (Å²) in [5.74, 6) is -4.40. The van der Waals surface area contributed by atoms with Gasteiger partial charge in [-0.2, -0.15) is 0 Å². The minimum atomic E-state index is -0.976. The van der Waals surface area contributed by atoms with Crippen LogP contribution in [0.25, 0.3) is 0 Å². The number of halogens is 3. The van der Waals surface area contributed by atoms with Crippen molar-refractivity contribution >= 4 is 115 Å². The fourth-order valence-corrected chi connectivity index (χ4v) is 7.74. The van der Waals surface area contributed by atoms with Gasteiger partial charge in [0.05, 0.1) is 28.7 Å². The first-order valence-corrected chi connectivity index (χ1v) is 15.7. The summed E-state index contributed by atoms with van der Waals surface area (Å²) in [6.07, 6.45) is -1.01. The van der Waals surface area contributed by atoms with Crippen LogP contribution >= 0.6 is 67.8 Å². The van der Waals surface area contributed by atoms with E-state index in [-0.39, 0.29) is 54.0 Å². The molecule has 2 amide bonds. The van der Waals surface area contributed by atoms with Crippen molar-refractivity contribution in [3.05, 3.63) is 21.8 Å². The second-order valence-corrected chi connectivity index (χ2v) is 12.1. The van der Waals surface area contributed by atoms with Crippen LogP contribution in [0.1, 0.15) is 63.4 Å². The second kappa shape index (κ2) is 18.5. The molecular formula is C26H31I3N2O12. The van der Waals surface area contributed by atoms with Crippen molar-refractivity contribution in [3.8, 4) is 0 Å². The van der Waals surface area contributed by atoms with Crippen LogP contribution in [0.3, 0.4) is 0 Å². The van der Waals surface area contributed by atoms with Crippen LogP contribution < -0.4 is 5.06 Å². The molecule has 0 aliphatic carbocycles. The lowest BCUT2D eigenvalue weighted by Gasteiger charge is -2.28. The van der Waals surface area contributed by atoms with Gasteiger partial charge < -0.3 is 28.7 Å². The van der Waals surface area contributed by atoms with Gasteiger partial charge in [0, 0.05) is 54.4 Å². The number of amides is 2. The number of hydrogen-bond acceptors (Lipinski definition) is 12. The molecule has 1 rings (SSSR count). The number of hydroxylamine groups is 1. The van der Waals surface area contributed by atoms with Gasteiger partial charge in [0.2, 0.25) is 0 Å². The van der Waals surface area contributed by atoms with Crippen LogP contribution in [0.2, 0.25) is 0 Å². The Kier molecular flexibility index (Phi) is 16.7. The average Bonchev–Trinajstić information content (AvgIpc) is 2.88. The van der Waals surface area contributed by atoms with E-state index < -0.39 is 47.8 Å². The third-order valence-corrected chi connectivity index (χ3v) is 8.56. The Morgan fingerprint density at radius 3 is 1.86 bits per heavy atom. The molecule has 0 saturated carbocycles. The number of carbonyl (C=O) groups is 7. The molecule has 0 saturated heterocycles. The fourth-order valence-electron chi connectivity index (χ4n) is 3.36. The first-order chi connectivity index (χ1) is 20.0. The van der Waals surface area contributed by atoms with Crippen LogP contribution in [0, 0.1) is 10.7 Å². The van der Waals surface area contributed by atoms with Gasteiger partial charge in [-0.1, -0.05) is 0 Å². The molecular weight excluding hydrogens is 913 g/mol. The monoisotopic (exact) mass is 944 g/mol. The highest BCUT2D eigenvalue weighted by Gasteiger charge is 2.33. The van der Waals surface area contributed by atoms with Gasteiger partial charge in [0.15, 0.2) is 6.10 Å². The predicted octanol–water partition coefficient (Wildman–Crippen LogP) is 3.28. The molecule has 0 spiro atoms. The van der Waals surface area contributed by atoms with Crippen LogP contribution in [-0.2, 0) is 59.2 Å². The van der Waals surface area contributed by atoms with Gasteiger partial charge in [-0.25, -0.2) is 4.79 Å². The number of anilines is 1. The molecule has 1 aromatic carbocycles. The van der Waals surface area contributed by atoms with Gasteiger partial charge in [-0.3, -0.25) is 28.8 Å². The summed E-state index contributed by atoms with van der Waals surface area (Å²) in [6.45, 7) is 5.24. The minimum absolute atomic E-state index is 0.0214. The average molecular weight is 944 g/mol. The lowest BCUT2D eigenvalue weighted by atomic mass is 10.1. The SMILES string of the molecule is CC(=O)OCCCC(=O)ON(C(C)=O)c1c(I)c(COC(C)=O)c(I)c(C(=O)N(C)CC(COC(C)=O)OC(C)=O)c1I. The van der Waals surface area contributed by atoms with E-state index in [1.54, 1.807) is 0 Å². The molecule has 0 fully saturated rings. The van der Waals surface area contributed by atoms with Crippen LogP contribution in [0.4, 0.5) is 5.69 Å². The Bertz CT molecular complexity index is 1270. The Hall–Kier alpha value is -2.30. The highest BCUT2D eigenvalue weighted by Crippen LogP contribution is 2.39. The van der Waals surface area contributed by atoms with E-state index in [1.807, 2.05) is 67.8 Å². The quantitative estimate of drug-likeness (QED) is 0.0931. The molecule has 0 aliphatic rings. The van der Waals surface area contributed by atoms with E-state index >= 15 is 0 Å². The van der Waals surface area contributed by atoms with Crippen molar-refractivity contribution in [2.75, 3.05) is 31.9 Å². The van der Waals surface area contributed by atoms with E-state index in [0.29, 0.717) is 12.7 Å². The number of benzene rings is 1. The van der Waals surface area contributed by atoms with Gasteiger partial charge in [-0.15, -0.1) is 5.06 Å². The zero-order valence-corrected chi connectivity index (χ0v) is 30.7. The van der Waals surface area contributed by atoms with Gasteiger partial charge in [0.1, 0.15) is 18.9 Å². The topological polar surface area (TPSA) is 172 Å². The van der Waals surface area contributed by atoms with Crippen LogP contribution in [0.5, 0.6) is 0 Å². The Morgan fingerprint density at radius 2 is 1.35 bits per heavy atom. The van der Waals surface area contributed by atoms with Crippen molar-refractivity contribution in [2.45, 2.75) is 60.2 Å². The summed E-state index contributed by atoms with van der Waals surface area (Å²) in [5.41, 5.74) is 0.530. The maximum Gasteiger partial charge on any atom is 0.333 e. The van der Waals surface area contributed by atoms with Gasteiger partial charge in [0.25, 0.3) is 11.8 Å². The van der Waals surface area contributed by atoms with Crippen molar-refractivity contribution in [1.29, 1.82) is 0 Å². The minimum Gasteiger partial charge on any atom is -0.466 e. The summed E-state index contributed by atoms with van der Waals surface area (Å²) in [5, 5.41) is 0.754. The number of nitrogens with zero attached hydrogens (tertiary/aromatic N) is 2. The summed E-state index contributed by atoms with van der Waals surface area (Å²) in [7, 11) is 1.44. The summed E-state index contributed by atoms with van der Waals surface area (Å²) >= 11 is 5.68. The number of rotatable bonds is 13. The summed E-state index contributed by atoms with van der Waals surface area (Å²) < 4.78 is 21.2. The fraction of sp³-hybridized carbons (Fsp3) is 0.500. The van der Waals surface area contributed by atoms with E-state index in [9.17, 15) is 33.6 Å². The maximum absolute atomic E-state index is 13.8. The number of ether oxygens (including phenoxy) is 4. The molecule has 14 nitrogen and oxygen atoms in total.